The van der Waals surface area contributed by atoms with Crippen LogP contribution in [0.25, 0.3) is 0 Å². The maximum atomic E-state index is 12.7. The molecule has 6 atom stereocenters. The lowest BCUT2D eigenvalue weighted by Crippen LogP contribution is -2.64. The molecule has 10 heteroatoms. The Morgan fingerprint density at radius 2 is 1.77 bits per heavy atom. The molecule has 0 bridgehead atoms. The van der Waals surface area contributed by atoms with Crippen LogP contribution >= 0.6 is 0 Å². The first kappa shape index (κ1) is 24.0. The highest BCUT2D eigenvalue weighted by atomic mass is 16.6. The predicted octanol–water partition coefficient (Wildman–Crippen LogP) is -0.756. The molecule has 1 aromatic carbocycles. The van der Waals surface area contributed by atoms with E-state index < -0.39 is 55.3 Å². The van der Waals surface area contributed by atoms with Crippen molar-refractivity contribution in [3.63, 3.8) is 0 Å². The highest BCUT2D eigenvalue weighted by Gasteiger charge is 2.44. The second-order valence-corrected chi connectivity index (χ2v) is 7.65. The average molecular weight is 426 g/mol. The fraction of sp³-hybridized carbons (Fsp3) is 0.600. The molecule has 1 heterocycles. The molecule has 0 unspecified atom stereocenters. The molecule has 2 rings (SSSR count). The topological polar surface area (TPSA) is 158 Å². The molecule has 6 N–H and O–H groups in total. The number of aliphatic hydroxyl groups is 4. The number of hydrogen-bond acceptors (Lipinski definition) is 8. The Bertz CT molecular complexity index is 685. The molecule has 10 nitrogen and oxygen atoms in total. The minimum atomic E-state index is -1.62. The van der Waals surface area contributed by atoms with Gasteiger partial charge in [-0.15, -0.1) is 0 Å². The summed E-state index contributed by atoms with van der Waals surface area (Å²) in [6.45, 7) is 3.16. The van der Waals surface area contributed by atoms with Crippen molar-refractivity contribution in [2.24, 2.45) is 5.92 Å². The summed E-state index contributed by atoms with van der Waals surface area (Å²) in [5, 5.41) is 43.9. The lowest BCUT2D eigenvalue weighted by molar-refractivity contribution is -0.236. The van der Waals surface area contributed by atoms with Crippen LogP contribution in [0.15, 0.2) is 30.3 Å². The summed E-state index contributed by atoms with van der Waals surface area (Å²) in [7, 11) is 0. The normalized spacial score (nSPS) is 27.4. The molecule has 0 aromatic heterocycles. The standard InChI is InChI=1S/C20H30N2O8/c1-11(2)8-13(21-20(28)29-10-12-6-4-3-5-7-12)18(27)22-19-17(26)16(25)15(24)14(9-23)30-19/h3-7,11,13-17,19,23-26H,8-10H2,1-2H3,(H,21,28)(H,22,27)/t13-,14+,15+,16-,17+,19+/m0/s1. The SMILES string of the molecule is CC(C)C[C@H](NC(=O)OCc1ccccc1)C(=O)N[C@@H]1O[C@H](CO)[C@@H](O)[C@H](O)[C@H]1O. The van der Waals surface area contributed by atoms with Crippen LogP contribution in [0.4, 0.5) is 4.79 Å². The van der Waals surface area contributed by atoms with E-state index in [9.17, 15) is 30.0 Å². The second kappa shape index (κ2) is 11.2. The Morgan fingerprint density at radius 1 is 1.10 bits per heavy atom. The third-order valence-electron chi connectivity index (χ3n) is 4.71. The van der Waals surface area contributed by atoms with Crippen molar-refractivity contribution in [1.82, 2.24) is 10.6 Å². The van der Waals surface area contributed by atoms with Gasteiger partial charge in [-0.2, -0.15) is 0 Å². The fourth-order valence-electron chi connectivity index (χ4n) is 3.07. The van der Waals surface area contributed by atoms with Crippen molar-refractivity contribution < 1.29 is 39.5 Å². The maximum Gasteiger partial charge on any atom is 0.408 e. The van der Waals surface area contributed by atoms with Crippen LogP contribution in [0, 0.1) is 5.92 Å². The van der Waals surface area contributed by atoms with E-state index in [-0.39, 0.29) is 18.9 Å². The van der Waals surface area contributed by atoms with Crippen molar-refractivity contribution in [2.45, 2.75) is 63.6 Å². The Hall–Kier alpha value is -2.24. The summed E-state index contributed by atoms with van der Waals surface area (Å²) >= 11 is 0. The molecule has 1 aliphatic heterocycles. The summed E-state index contributed by atoms with van der Waals surface area (Å²) in [5.41, 5.74) is 0.791. The van der Waals surface area contributed by atoms with E-state index in [0.717, 1.165) is 5.56 Å². The molecule has 0 spiro atoms. The summed E-state index contributed by atoms with van der Waals surface area (Å²) in [5.74, 6) is -0.616. The zero-order chi connectivity index (χ0) is 22.3. The molecule has 0 saturated carbocycles. The summed E-state index contributed by atoms with van der Waals surface area (Å²) in [4.78, 5) is 24.9. The first-order chi connectivity index (χ1) is 14.2. The largest absolute Gasteiger partial charge is 0.445 e. The minimum absolute atomic E-state index is 0.0371. The van der Waals surface area contributed by atoms with Gasteiger partial charge in [-0.1, -0.05) is 44.2 Å². The van der Waals surface area contributed by atoms with Gasteiger partial charge in [-0.25, -0.2) is 4.79 Å². The predicted molar refractivity (Wildman–Crippen MR) is 105 cm³/mol. The molecule has 2 amide bonds. The Balaban J connectivity index is 1.97. The molecule has 1 saturated heterocycles. The van der Waals surface area contributed by atoms with E-state index in [4.69, 9.17) is 9.47 Å². The number of aliphatic hydroxyl groups excluding tert-OH is 4. The van der Waals surface area contributed by atoms with Gasteiger partial charge in [0, 0.05) is 0 Å². The summed E-state index contributed by atoms with van der Waals surface area (Å²) in [6.07, 6.45) is -7.79. The quantitative estimate of drug-likeness (QED) is 0.317. The smallest absolute Gasteiger partial charge is 0.408 e. The van der Waals surface area contributed by atoms with E-state index in [1.807, 2.05) is 32.0 Å². The van der Waals surface area contributed by atoms with Crippen LogP contribution in [-0.2, 0) is 20.9 Å². The number of rotatable bonds is 8. The molecule has 30 heavy (non-hydrogen) atoms. The van der Waals surface area contributed by atoms with Gasteiger partial charge >= 0.3 is 6.09 Å². The Morgan fingerprint density at radius 3 is 2.37 bits per heavy atom. The Labute approximate surface area is 174 Å². The number of benzene rings is 1. The van der Waals surface area contributed by atoms with E-state index in [2.05, 4.69) is 10.6 Å². The second-order valence-electron chi connectivity index (χ2n) is 7.65. The molecular weight excluding hydrogens is 396 g/mol. The fourth-order valence-corrected chi connectivity index (χ4v) is 3.07. The first-order valence-electron chi connectivity index (χ1n) is 9.81. The van der Waals surface area contributed by atoms with Gasteiger partial charge in [-0.3, -0.25) is 4.79 Å². The minimum Gasteiger partial charge on any atom is -0.445 e. The van der Waals surface area contributed by atoms with Crippen LogP contribution < -0.4 is 10.6 Å². The van der Waals surface area contributed by atoms with Gasteiger partial charge in [0.25, 0.3) is 0 Å². The molecule has 0 aliphatic carbocycles. The van der Waals surface area contributed by atoms with Crippen LogP contribution in [-0.4, -0.2) is 75.7 Å². The lowest BCUT2D eigenvalue weighted by Gasteiger charge is -2.40. The van der Waals surface area contributed by atoms with E-state index >= 15 is 0 Å². The first-order valence-corrected chi connectivity index (χ1v) is 9.81. The van der Waals surface area contributed by atoms with Crippen LogP contribution in [0.1, 0.15) is 25.8 Å². The number of nitrogens with one attached hydrogen (secondary N) is 2. The van der Waals surface area contributed by atoms with Crippen molar-refractivity contribution in [3.05, 3.63) is 35.9 Å². The van der Waals surface area contributed by atoms with Crippen molar-refractivity contribution in [3.8, 4) is 0 Å². The summed E-state index contributed by atoms with van der Waals surface area (Å²) < 4.78 is 10.4. The number of alkyl carbamates (subject to hydrolysis) is 1. The Kier molecular flexibility index (Phi) is 9.00. The molecule has 0 radical (unpaired) electrons. The molecule has 1 fully saturated rings. The van der Waals surface area contributed by atoms with Gasteiger partial charge < -0.3 is 40.5 Å². The van der Waals surface area contributed by atoms with E-state index in [1.54, 1.807) is 12.1 Å². The van der Waals surface area contributed by atoms with Crippen molar-refractivity contribution in [1.29, 1.82) is 0 Å². The molecule has 1 aromatic rings. The third-order valence-corrected chi connectivity index (χ3v) is 4.71. The van der Waals surface area contributed by atoms with Crippen molar-refractivity contribution in [2.75, 3.05) is 6.61 Å². The van der Waals surface area contributed by atoms with Crippen LogP contribution in [0.3, 0.4) is 0 Å². The average Bonchev–Trinajstić information content (AvgIpc) is 2.72. The van der Waals surface area contributed by atoms with Gasteiger partial charge in [0.15, 0.2) is 6.23 Å². The number of carbonyl (C=O) groups excluding carboxylic acids is 2. The van der Waals surface area contributed by atoms with Crippen LogP contribution in [0.5, 0.6) is 0 Å². The summed E-state index contributed by atoms with van der Waals surface area (Å²) in [6, 6.07) is 8.07. The number of ether oxygens (including phenoxy) is 2. The lowest BCUT2D eigenvalue weighted by atomic mass is 9.98. The van der Waals surface area contributed by atoms with Crippen LogP contribution in [0.2, 0.25) is 0 Å². The van der Waals surface area contributed by atoms with Gasteiger partial charge in [0.1, 0.15) is 37.1 Å². The van der Waals surface area contributed by atoms with Gasteiger partial charge in [0.05, 0.1) is 6.61 Å². The van der Waals surface area contributed by atoms with E-state index in [1.165, 1.54) is 0 Å². The monoisotopic (exact) mass is 426 g/mol. The maximum absolute atomic E-state index is 12.7. The van der Waals surface area contributed by atoms with Gasteiger partial charge in [0.2, 0.25) is 5.91 Å². The molecular formula is C20H30N2O8. The molecule has 168 valence electrons. The number of hydrogen-bond donors (Lipinski definition) is 6. The molecule has 1 aliphatic rings. The zero-order valence-electron chi connectivity index (χ0n) is 17.0. The highest BCUT2D eigenvalue weighted by molar-refractivity contribution is 5.85. The number of carbonyl (C=O) groups is 2. The van der Waals surface area contributed by atoms with Gasteiger partial charge in [-0.05, 0) is 17.9 Å². The van der Waals surface area contributed by atoms with E-state index in [0.29, 0.717) is 0 Å². The zero-order valence-corrected chi connectivity index (χ0v) is 17.0. The van der Waals surface area contributed by atoms with Crippen molar-refractivity contribution >= 4 is 12.0 Å². The number of amides is 2. The highest BCUT2D eigenvalue weighted by Crippen LogP contribution is 2.20. The third kappa shape index (κ3) is 6.64.